The Kier molecular flexibility index (Phi) is 8.46. The van der Waals surface area contributed by atoms with Crippen LogP contribution in [0.2, 0.25) is 0 Å². The maximum Gasteiger partial charge on any atom is 0.322 e. The highest BCUT2D eigenvalue weighted by Crippen LogP contribution is 1.99. The van der Waals surface area contributed by atoms with Crippen molar-refractivity contribution in [2.24, 2.45) is 11.5 Å². The third kappa shape index (κ3) is 8.19. The van der Waals surface area contributed by atoms with Gasteiger partial charge in [-0.2, -0.15) is 0 Å². The smallest absolute Gasteiger partial charge is 0.322 e. The molecule has 0 heterocycles. The van der Waals surface area contributed by atoms with Gasteiger partial charge in [0.1, 0.15) is 6.04 Å². The molecule has 0 radical (unpaired) electrons. The van der Waals surface area contributed by atoms with Crippen LogP contribution in [0.3, 0.4) is 0 Å². The maximum absolute atomic E-state index is 11.2. The van der Waals surface area contributed by atoms with Crippen molar-refractivity contribution in [3.05, 3.63) is 0 Å². The molecule has 0 unspecified atom stereocenters. The van der Waals surface area contributed by atoms with Gasteiger partial charge in [-0.1, -0.05) is 0 Å². The second kappa shape index (κ2) is 9.11. The van der Waals surface area contributed by atoms with Crippen LogP contribution in [0.5, 0.6) is 0 Å². The molecule has 0 aliphatic rings. The van der Waals surface area contributed by atoms with Gasteiger partial charge in [0.15, 0.2) is 0 Å². The Labute approximate surface area is 94.9 Å². The first-order valence-electron chi connectivity index (χ1n) is 5.39. The molecule has 0 aromatic rings. The average Bonchev–Trinajstić information content (AvgIpc) is 2.25. The number of hydrogen-bond donors (Lipinski definition) is 3. The van der Waals surface area contributed by atoms with Gasteiger partial charge >= 0.3 is 5.97 Å². The van der Waals surface area contributed by atoms with Gasteiger partial charge in [-0.3, -0.25) is 9.59 Å². The Morgan fingerprint density at radius 3 is 2.50 bits per heavy atom. The Hall–Kier alpha value is -1.14. The summed E-state index contributed by atoms with van der Waals surface area (Å²) in [6, 6.07) is -0.787. The van der Waals surface area contributed by atoms with E-state index in [9.17, 15) is 9.59 Å². The number of carbonyl (C=O) groups excluding carboxylic acids is 2. The summed E-state index contributed by atoms with van der Waals surface area (Å²) in [7, 11) is 0. The number of aliphatic hydroxyl groups excluding tert-OH is 1. The molecule has 0 spiro atoms. The number of nitrogens with two attached hydrogens (primary N) is 2. The van der Waals surface area contributed by atoms with E-state index in [1.807, 2.05) is 0 Å². The average molecular weight is 232 g/mol. The first-order valence-corrected chi connectivity index (χ1v) is 5.39. The lowest BCUT2D eigenvalue weighted by atomic mass is 10.1. The fourth-order valence-electron chi connectivity index (χ4n) is 1.09. The summed E-state index contributed by atoms with van der Waals surface area (Å²) in [5, 5.41) is 8.51. The second-order valence-corrected chi connectivity index (χ2v) is 3.56. The number of hydrogen-bond acceptors (Lipinski definition) is 5. The van der Waals surface area contributed by atoms with Crippen LogP contribution in [0.25, 0.3) is 0 Å². The van der Waals surface area contributed by atoms with Crippen LogP contribution in [-0.2, 0) is 14.3 Å². The molecular formula is C10H20N2O4. The Morgan fingerprint density at radius 1 is 1.25 bits per heavy atom. The molecule has 0 saturated carbocycles. The topological polar surface area (TPSA) is 116 Å². The van der Waals surface area contributed by atoms with Crippen molar-refractivity contribution in [3.8, 4) is 0 Å². The van der Waals surface area contributed by atoms with Crippen molar-refractivity contribution in [3.63, 3.8) is 0 Å². The SMILES string of the molecule is NC(=O)CC[C@H](N)C(=O)OCCCCCO. The van der Waals surface area contributed by atoms with Gasteiger partial charge in [-0.15, -0.1) is 0 Å². The van der Waals surface area contributed by atoms with Crippen molar-refractivity contribution in [2.45, 2.75) is 38.1 Å². The number of esters is 1. The maximum atomic E-state index is 11.2. The fraction of sp³-hybridized carbons (Fsp3) is 0.800. The third-order valence-electron chi connectivity index (χ3n) is 2.05. The molecule has 6 heteroatoms. The Bertz CT molecular complexity index is 221. The van der Waals surface area contributed by atoms with E-state index in [4.69, 9.17) is 21.3 Å². The van der Waals surface area contributed by atoms with Crippen LogP contribution in [0.4, 0.5) is 0 Å². The predicted octanol–water partition coefficient (Wildman–Crippen LogP) is -0.715. The molecule has 1 amide bonds. The monoisotopic (exact) mass is 232 g/mol. The van der Waals surface area contributed by atoms with Crippen molar-refractivity contribution >= 4 is 11.9 Å². The minimum absolute atomic E-state index is 0.0841. The Balaban J connectivity index is 3.51. The molecule has 0 bridgehead atoms. The summed E-state index contributed by atoms with van der Waals surface area (Å²) < 4.78 is 4.88. The van der Waals surface area contributed by atoms with E-state index in [1.165, 1.54) is 0 Å². The first-order chi connectivity index (χ1) is 7.57. The van der Waals surface area contributed by atoms with Gasteiger partial charge in [0.25, 0.3) is 0 Å². The second-order valence-electron chi connectivity index (χ2n) is 3.56. The minimum atomic E-state index is -0.787. The molecular weight excluding hydrogens is 212 g/mol. The summed E-state index contributed by atoms with van der Waals surface area (Å²) in [6.45, 7) is 0.440. The van der Waals surface area contributed by atoms with Crippen molar-refractivity contribution in [1.82, 2.24) is 0 Å². The van der Waals surface area contributed by atoms with E-state index in [1.54, 1.807) is 0 Å². The standard InChI is InChI=1S/C10H20N2O4/c11-8(4-5-9(12)14)10(15)16-7-3-1-2-6-13/h8,13H,1-7,11H2,(H2,12,14)/t8-/m0/s1. The van der Waals surface area contributed by atoms with E-state index in [-0.39, 0.29) is 19.4 Å². The van der Waals surface area contributed by atoms with E-state index < -0.39 is 17.9 Å². The fourth-order valence-corrected chi connectivity index (χ4v) is 1.09. The number of amides is 1. The van der Waals surface area contributed by atoms with Gasteiger partial charge in [0, 0.05) is 13.0 Å². The van der Waals surface area contributed by atoms with Gasteiger partial charge in [0.05, 0.1) is 6.61 Å². The Morgan fingerprint density at radius 2 is 1.94 bits per heavy atom. The molecule has 0 saturated heterocycles. The molecule has 0 rings (SSSR count). The molecule has 0 fully saturated rings. The third-order valence-corrected chi connectivity index (χ3v) is 2.05. The molecule has 1 atom stereocenters. The van der Waals surface area contributed by atoms with Gasteiger partial charge in [0.2, 0.25) is 5.91 Å². The lowest BCUT2D eigenvalue weighted by Gasteiger charge is -2.10. The van der Waals surface area contributed by atoms with E-state index in [0.29, 0.717) is 19.4 Å². The lowest BCUT2D eigenvalue weighted by molar-refractivity contribution is -0.145. The number of rotatable bonds is 9. The summed E-state index contributed by atoms with van der Waals surface area (Å²) >= 11 is 0. The van der Waals surface area contributed by atoms with Crippen LogP contribution in [0.1, 0.15) is 32.1 Å². The quantitative estimate of drug-likeness (QED) is 0.358. The summed E-state index contributed by atoms with van der Waals surface area (Å²) in [6.07, 6.45) is 2.51. The number of primary amides is 1. The van der Waals surface area contributed by atoms with Crippen LogP contribution >= 0.6 is 0 Å². The van der Waals surface area contributed by atoms with Crippen molar-refractivity contribution in [1.29, 1.82) is 0 Å². The normalized spacial score (nSPS) is 12.1. The zero-order chi connectivity index (χ0) is 12.4. The first kappa shape index (κ1) is 14.9. The molecule has 0 aliphatic heterocycles. The van der Waals surface area contributed by atoms with Crippen LogP contribution in [0.15, 0.2) is 0 Å². The van der Waals surface area contributed by atoms with Crippen molar-refractivity contribution in [2.75, 3.05) is 13.2 Å². The van der Waals surface area contributed by atoms with Crippen LogP contribution < -0.4 is 11.5 Å². The largest absolute Gasteiger partial charge is 0.465 e. The van der Waals surface area contributed by atoms with Crippen molar-refractivity contribution < 1.29 is 19.4 Å². The highest BCUT2D eigenvalue weighted by atomic mass is 16.5. The molecule has 0 aromatic carbocycles. The molecule has 5 N–H and O–H groups in total. The highest BCUT2D eigenvalue weighted by Gasteiger charge is 2.15. The van der Waals surface area contributed by atoms with Crippen LogP contribution in [0, 0.1) is 0 Å². The lowest BCUT2D eigenvalue weighted by Crippen LogP contribution is -2.33. The number of aliphatic hydroxyl groups is 1. The number of carbonyl (C=O) groups is 2. The van der Waals surface area contributed by atoms with Gasteiger partial charge in [-0.25, -0.2) is 0 Å². The molecule has 0 aromatic heterocycles. The molecule has 94 valence electrons. The van der Waals surface area contributed by atoms with Gasteiger partial charge < -0.3 is 21.3 Å². The summed E-state index contributed by atoms with van der Waals surface area (Å²) in [5.74, 6) is -0.989. The summed E-state index contributed by atoms with van der Waals surface area (Å²) in [5.41, 5.74) is 10.4. The zero-order valence-corrected chi connectivity index (χ0v) is 9.35. The molecule has 6 nitrogen and oxygen atoms in total. The zero-order valence-electron chi connectivity index (χ0n) is 9.35. The van der Waals surface area contributed by atoms with E-state index >= 15 is 0 Å². The van der Waals surface area contributed by atoms with Gasteiger partial charge in [-0.05, 0) is 25.7 Å². The minimum Gasteiger partial charge on any atom is -0.465 e. The molecule has 0 aliphatic carbocycles. The predicted molar refractivity (Wildman–Crippen MR) is 58.3 cm³/mol. The summed E-state index contributed by atoms with van der Waals surface area (Å²) in [4.78, 5) is 21.7. The highest BCUT2D eigenvalue weighted by molar-refractivity contribution is 5.78. The number of ether oxygens (including phenoxy) is 1. The molecule has 16 heavy (non-hydrogen) atoms. The van der Waals surface area contributed by atoms with Crippen LogP contribution in [-0.4, -0.2) is 36.2 Å². The van der Waals surface area contributed by atoms with E-state index in [2.05, 4.69) is 0 Å². The van der Waals surface area contributed by atoms with E-state index in [0.717, 1.165) is 6.42 Å². The number of unbranched alkanes of at least 4 members (excludes halogenated alkanes) is 2.